The van der Waals surface area contributed by atoms with Crippen LogP contribution in [0.5, 0.6) is 0 Å². The summed E-state index contributed by atoms with van der Waals surface area (Å²) in [6.07, 6.45) is 1.10. The van der Waals surface area contributed by atoms with Crippen molar-refractivity contribution in [1.29, 1.82) is 0 Å². The second-order valence-electron chi connectivity index (χ2n) is 5.65. The van der Waals surface area contributed by atoms with Crippen molar-refractivity contribution < 1.29 is 0 Å². The summed E-state index contributed by atoms with van der Waals surface area (Å²) in [4.78, 5) is 0. The molecule has 0 saturated carbocycles. The normalized spacial score (nSPS) is 9.84. The average Bonchev–Trinajstić information content (AvgIpc) is 3.07. The van der Waals surface area contributed by atoms with Gasteiger partial charge >= 0.3 is 0 Å². The molecule has 0 spiro atoms. The summed E-state index contributed by atoms with van der Waals surface area (Å²) in [6, 6.07) is 25.8. The number of hydrogen-bond acceptors (Lipinski definition) is 0. The molecule has 0 radical (unpaired) electrons. The molecule has 0 N–H and O–H groups in total. The molecule has 0 fully saturated rings. The first kappa shape index (κ1) is 20.7. The van der Waals surface area contributed by atoms with Crippen LogP contribution in [0.25, 0.3) is 11.1 Å². The second-order valence-corrected chi connectivity index (χ2v) is 5.65. The zero-order chi connectivity index (χ0) is 18.7. The average molecular weight is 333 g/mol. The van der Waals surface area contributed by atoms with E-state index in [1.165, 1.54) is 33.4 Å². The summed E-state index contributed by atoms with van der Waals surface area (Å²) in [7, 11) is 0. The molecule has 0 aliphatic heterocycles. The predicted molar refractivity (Wildman–Crippen MR) is 113 cm³/mol. The molecule has 0 unspecified atom stereocenters. The molecule has 0 heteroatoms. The van der Waals surface area contributed by atoms with Gasteiger partial charge in [0.25, 0.3) is 0 Å². The molecule has 3 aromatic carbocycles. The van der Waals surface area contributed by atoms with Crippen LogP contribution in [-0.2, 0) is 6.42 Å². The van der Waals surface area contributed by atoms with E-state index in [4.69, 9.17) is 0 Å². The largest absolute Gasteiger partial charge is 0.0683 e. The van der Waals surface area contributed by atoms with Gasteiger partial charge in [-0.15, -0.1) is 0 Å². The topological polar surface area (TPSA) is 0 Å². The van der Waals surface area contributed by atoms with Gasteiger partial charge in [0, 0.05) is 0 Å². The van der Waals surface area contributed by atoms with Gasteiger partial charge in [-0.25, -0.2) is 0 Å². The van der Waals surface area contributed by atoms with Crippen molar-refractivity contribution in [3.05, 3.63) is 95.1 Å². The smallest absolute Gasteiger partial charge is 0.00135 e. The van der Waals surface area contributed by atoms with Gasteiger partial charge in [0.15, 0.2) is 0 Å². The monoisotopic (exact) mass is 332 g/mol. The van der Waals surface area contributed by atoms with Gasteiger partial charge in [-0.05, 0) is 42.5 Å². The van der Waals surface area contributed by atoms with E-state index in [0.717, 1.165) is 6.42 Å². The number of fused-ring (bicyclic) bond motifs is 3. The summed E-state index contributed by atoms with van der Waals surface area (Å²) >= 11 is 0. The Labute approximate surface area is 154 Å². The minimum atomic E-state index is 1.10. The van der Waals surface area contributed by atoms with Gasteiger partial charge in [-0.1, -0.05) is 112 Å². The highest BCUT2D eigenvalue weighted by atomic mass is 14.2. The first-order valence-corrected chi connectivity index (χ1v) is 9.43. The first-order valence-electron chi connectivity index (χ1n) is 9.43. The van der Waals surface area contributed by atoms with Crippen LogP contribution in [0.3, 0.4) is 0 Å². The summed E-state index contributed by atoms with van der Waals surface area (Å²) in [5.74, 6) is 0. The van der Waals surface area contributed by atoms with Crippen LogP contribution in [0, 0.1) is 13.8 Å². The Bertz CT molecular complexity index is 671. The lowest BCUT2D eigenvalue weighted by Crippen LogP contribution is -1.77. The van der Waals surface area contributed by atoms with Gasteiger partial charge in [0.05, 0.1) is 0 Å². The molecule has 4 rings (SSSR count). The van der Waals surface area contributed by atoms with Crippen molar-refractivity contribution in [3.8, 4) is 11.1 Å². The van der Waals surface area contributed by atoms with Crippen molar-refractivity contribution in [2.24, 2.45) is 0 Å². The highest BCUT2D eigenvalue weighted by Crippen LogP contribution is 2.35. The molecule has 1 aliphatic carbocycles. The Morgan fingerprint density at radius 3 is 1.16 bits per heavy atom. The fraction of sp³-hybridized carbons (Fsp3) is 0.280. The maximum absolute atomic E-state index is 2.22. The summed E-state index contributed by atoms with van der Waals surface area (Å²) in [5, 5.41) is 0. The molecular formula is C25H32. The number of rotatable bonds is 0. The fourth-order valence-electron chi connectivity index (χ4n) is 2.72. The predicted octanol–water partition coefficient (Wildman–Crippen LogP) is 7.61. The summed E-state index contributed by atoms with van der Waals surface area (Å²) in [5.41, 5.74) is 8.41. The van der Waals surface area contributed by atoms with Crippen LogP contribution >= 0.6 is 0 Å². The molecule has 25 heavy (non-hydrogen) atoms. The van der Waals surface area contributed by atoms with Gasteiger partial charge in [-0.3, -0.25) is 0 Å². The van der Waals surface area contributed by atoms with Crippen LogP contribution < -0.4 is 0 Å². The lowest BCUT2D eigenvalue weighted by atomic mass is 10.1. The lowest BCUT2D eigenvalue weighted by molar-refractivity contribution is 1.26. The Hall–Kier alpha value is -2.34. The highest BCUT2D eigenvalue weighted by molar-refractivity contribution is 5.76. The molecule has 0 heterocycles. The Morgan fingerprint density at radius 2 is 0.800 bits per heavy atom. The standard InChI is InChI=1S/C13H10.C8H10.2C2H6/c1-3-7-12-10(5-1)9-11-6-2-4-8-13(11)12;1-7-3-5-8(2)6-4-7;2*1-2/h1-8H,9H2;3-6H,1-2H3;2*1-2H3. The van der Waals surface area contributed by atoms with Crippen LogP contribution in [0.2, 0.25) is 0 Å². The van der Waals surface area contributed by atoms with Crippen LogP contribution in [-0.4, -0.2) is 0 Å². The third kappa shape index (κ3) is 5.90. The van der Waals surface area contributed by atoms with Crippen molar-refractivity contribution in [3.63, 3.8) is 0 Å². The van der Waals surface area contributed by atoms with E-state index >= 15 is 0 Å². The van der Waals surface area contributed by atoms with Gasteiger partial charge in [0.2, 0.25) is 0 Å². The third-order valence-corrected chi connectivity index (χ3v) is 3.92. The molecule has 3 aromatic rings. The van der Waals surface area contributed by atoms with Crippen molar-refractivity contribution in [2.45, 2.75) is 48.0 Å². The van der Waals surface area contributed by atoms with Gasteiger partial charge < -0.3 is 0 Å². The Kier molecular flexibility index (Phi) is 9.32. The maximum Gasteiger partial charge on any atom is -0.00135 e. The van der Waals surface area contributed by atoms with E-state index in [0.29, 0.717) is 0 Å². The van der Waals surface area contributed by atoms with Crippen molar-refractivity contribution in [1.82, 2.24) is 0 Å². The second kappa shape index (κ2) is 11.3. The van der Waals surface area contributed by atoms with Crippen LogP contribution in [0.15, 0.2) is 72.8 Å². The van der Waals surface area contributed by atoms with E-state index in [1.807, 2.05) is 27.7 Å². The minimum absolute atomic E-state index is 1.10. The SMILES string of the molecule is CC.CC.Cc1ccc(C)cc1.c1ccc2c(c1)Cc1ccccc1-2. The molecular weight excluding hydrogens is 300 g/mol. The quantitative estimate of drug-likeness (QED) is 0.311. The van der Waals surface area contributed by atoms with Crippen molar-refractivity contribution in [2.75, 3.05) is 0 Å². The zero-order valence-corrected chi connectivity index (χ0v) is 16.6. The van der Waals surface area contributed by atoms with Gasteiger partial charge in [0.1, 0.15) is 0 Å². The van der Waals surface area contributed by atoms with Crippen molar-refractivity contribution >= 4 is 0 Å². The maximum atomic E-state index is 2.22. The Morgan fingerprint density at radius 1 is 0.480 bits per heavy atom. The first-order chi connectivity index (χ1) is 12.2. The van der Waals surface area contributed by atoms with E-state index in [9.17, 15) is 0 Å². The summed E-state index contributed by atoms with van der Waals surface area (Å²) < 4.78 is 0. The molecule has 0 bridgehead atoms. The van der Waals surface area contributed by atoms with E-state index in [1.54, 1.807) is 0 Å². The molecule has 0 saturated heterocycles. The van der Waals surface area contributed by atoms with Crippen LogP contribution in [0.4, 0.5) is 0 Å². The van der Waals surface area contributed by atoms with E-state index < -0.39 is 0 Å². The summed E-state index contributed by atoms with van der Waals surface area (Å²) in [6.45, 7) is 12.2. The highest BCUT2D eigenvalue weighted by Gasteiger charge is 2.15. The van der Waals surface area contributed by atoms with E-state index in [-0.39, 0.29) is 0 Å². The number of aryl methyl sites for hydroxylation is 2. The zero-order valence-electron chi connectivity index (χ0n) is 16.6. The Balaban J connectivity index is 0.000000226. The fourth-order valence-corrected chi connectivity index (χ4v) is 2.72. The van der Waals surface area contributed by atoms with Crippen LogP contribution in [0.1, 0.15) is 49.9 Å². The third-order valence-electron chi connectivity index (χ3n) is 3.92. The van der Waals surface area contributed by atoms with Gasteiger partial charge in [-0.2, -0.15) is 0 Å². The molecule has 0 atom stereocenters. The molecule has 1 aliphatic rings. The molecule has 0 amide bonds. The van der Waals surface area contributed by atoms with E-state index in [2.05, 4.69) is 86.6 Å². The number of hydrogen-bond donors (Lipinski definition) is 0. The molecule has 0 nitrogen and oxygen atoms in total. The minimum Gasteiger partial charge on any atom is -0.0683 e. The number of benzene rings is 3. The molecule has 132 valence electrons. The lowest BCUT2D eigenvalue weighted by Gasteiger charge is -1.98. The molecule has 0 aromatic heterocycles.